The molecule has 0 radical (unpaired) electrons. The number of aliphatic carboxylic acids is 1. The Hall–Kier alpha value is -4.57. The minimum atomic E-state index is -3.95. The summed E-state index contributed by atoms with van der Waals surface area (Å²) in [5.41, 5.74) is 4.88. The van der Waals surface area contributed by atoms with E-state index in [1.807, 2.05) is 43.3 Å². The molecule has 2 atom stereocenters. The number of nitrogens with one attached hydrogen (secondary N) is 1. The zero-order valence-electron chi connectivity index (χ0n) is 24.5. The third-order valence-electron chi connectivity index (χ3n) is 9.43. The fourth-order valence-corrected chi connectivity index (χ4v) is 8.87. The molecule has 8 rings (SSSR count). The number of carbonyl (C=O) groups is 1. The number of anilines is 1. The number of carboxylic acid groups (broad SMARTS) is 1. The average molecular weight is 608 g/mol. The van der Waals surface area contributed by atoms with Crippen molar-refractivity contribution in [1.82, 2.24) is 18.9 Å². The van der Waals surface area contributed by atoms with Gasteiger partial charge in [-0.2, -0.15) is 0 Å². The highest BCUT2D eigenvalue weighted by molar-refractivity contribution is 7.90. The minimum absolute atomic E-state index is 0.183. The molecule has 2 aromatic carbocycles. The Morgan fingerprint density at radius 1 is 0.886 bits per heavy atom. The number of hydrogen-bond acceptors (Lipinski definition) is 7. The van der Waals surface area contributed by atoms with Crippen LogP contribution in [0.3, 0.4) is 0 Å². The lowest BCUT2D eigenvalue weighted by atomic mass is 9.61. The Labute approximate surface area is 256 Å². The van der Waals surface area contributed by atoms with Gasteiger partial charge in [-0.15, -0.1) is 0 Å². The van der Waals surface area contributed by atoms with Crippen LogP contribution in [0, 0.1) is 31.6 Å². The van der Waals surface area contributed by atoms with Crippen LogP contribution >= 0.6 is 0 Å². The molecule has 3 aromatic heterocycles. The van der Waals surface area contributed by atoms with Gasteiger partial charge in [0.25, 0.3) is 10.0 Å². The molecular formula is C34H33N5O4S. The Bertz CT molecular complexity index is 2000. The second-order valence-electron chi connectivity index (χ2n) is 12.0. The molecule has 3 aliphatic rings. The molecule has 3 fully saturated rings. The number of hydrogen-bond donors (Lipinski definition) is 2. The van der Waals surface area contributed by atoms with E-state index in [1.165, 1.54) is 10.3 Å². The van der Waals surface area contributed by atoms with Crippen molar-refractivity contribution in [3.8, 4) is 22.4 Å². The first-order valence-electron chi connectivity index (χ1n) is 14.9. The molecule has 3 aliphatic carbocycles. The maximum atomic E-state index is 14.0. The molecule has 0 aliphatic heterocycles. The first-order valence-corrected chi connectivity index (χ1v) is 16.4. The highest BCUT2D eigenvalue weighted by Gasteiger charge is 2.47. The summed E-state index contributed by atoms with van der Waals surface area (Å²) in [5, 5.41) is 14.2. The molecule has 0 spiro atoms. The van der Waals surface area contributed by atoms with Gasteiger partial charge in [-0.05, 0) is 81.2 Å². The van der Waals surface area contributed by atoms with Gasteiger partial charge in [-0.1, -0.05) is 42.0 Å². The van der Waals surface area contributed by atoms with E-state index in [2.05, 4.69) is 20.3 Å². The normalized spacial score (nSPS) is 21.4. The SMILES string of the molecule is Cc1ccc(S(=O)(=O)n2c(C)c(-c3ccccc3-c3cc(NC4C5CCC(CC5)C4C(=O)O)ncn3)c3cccnc32)cc1. The van der Waals surface area contributed by atoms with Crippen molar-refractivity contribution in [2.45, 2.75) is 50.5 Å². The molecule has 3 heterocycles. The van der Waals surface area contributed by atoms with E-state index in [0.717, 1.165) is 47.9 Å². The van der Waals surface area contributed by atoms with Crippen molar-refractivity contribution in [1.29, 1.82) is 0 Å². The van der Waals surface area contributed by atoms with Crippen molar-refractivity contribution >= 4 is 32.8 Å². The highest BCUT2D eigenvalue weighted by atomic mass is 32.2. The summed E-state index contributed by atoms with van der Waals surface area (Å²) in [5.74, 6) is -0.135. The standard InChI is InChI=1S/C34H33N5O4S/c1-20-9-15-24(16-10-20)44(42,43)39-21(2)30(27-8-5-17-35-33(27)39)26-7-4-3-6-25(26)28-18-29(37-19-36-28)38-32-23-13-11-22(12-14-23)31(32)34(40)41/h3-10,15-19,22-23,31-32H,11-14H2,1-2H3,(H,40,41)(H,36,37,38). The number of fused-ring (bicyclic) bond motifs is 4. The van der Waals surface area contributed by atoms with Crippen LogP contribution in [-0.4, -0.2) is 44.5 Å². The van der Waals surface area contributed by atoms with E-state index in [4.69, 9.17) is 0 Å². The first-order chi connectivity index (χ1) is 21.2. The van der Waals surface area contributed by atoms with Crippen molar-refractivity contribution in [3.05, 3.63) is 90.5 Å². The molecule has 3 saturated carbocycles. The first kappa shape index (κ1) is 28.2. The number of rotatable bonds is 7. The van der Waals surface area contributed by atoms with E-state index in [-0.39, 0.29) is 16.9 Å². The van der Waals surface area contributed by atoms with Crippen LogP contribution in [-0.2, 0) is 14.8 Å². The molecule has 0 saturated heterocycles. The van der Waals surface area contributed by atoms with Gasteiger partial charge in [0.2, 0.25) is 0 Å². The van der Waals surface area contributed by atoms with Crippen molar-refractivity contribution in [2.24, 2.45) is 17.8 Å². The van der Waals surface area contributed by atoms with Gasteiger partial charge >= 0.3 is 5.97 Å². The molecular weight excluding hydrogens is 574 g/mol. The van der Waals surface area contributed by atoms with Crippen molar-refractivity contribution in [2.75, 3.05) is 5.32 Å². The summed E-state index contributed by atoms with van der Waals surface area (Å²) in [6.07, 6.45) is 7.06. The van der Waals surface area contributed by atoms with Crippen LogP contribution in [0.4, 0.5) is 5.82 Å². The Balaban J connectivity index is 1.32. The van der Waals surface area contributed by atoms with Crippen LogP contribution in [0.25, 0.3) is 33.4 Å². The maximum absolute atomic E-state index is 14.0. The smallest absolute Gasteiger partial charge is 0.308 e. The van der Waals surface area contributed by atoms with Gasteiger partial charge in [0.05, 0.1) is 16.5 Å². The Morgan fingerprint density at radius 2 is 1.59 bits per heavy atom. The lowest BCUT2D eigenvalue weighted by Gasteiger charge is -2.47. The van der Waals surface area contributed by atoms with Crippen molar-refractivity contribution < 1.29 is 18.3 Å². The van der Waals surface area contributed by atoms with Gasteiger partial charge in [-0.3, -0.25) is 4.79 Å². The number of aromatic nitrogens is 4. The predicted octanol–water partition coefficient (Wildman–Crippen LogP) is 6.32. The van der Waals surface area contributed by atoms with Gasteiger partial charge in [0, 0.05) is 40.5 Å². The highest BCUT2D eigenvalue weighted by Crippen LogP contribution is 2.46. The van der Waals surface area contributed by atoms with E-state index in [9.17, 15) is 18.3 Å². The van der Waals surface area contributed by atoms with Crippen LogP contribution in [0.15, 0.2) is 84.1 Å². The molecule has 44 heavy (non-hydrogen) atoms. The average Bonchev–Trinajstić information content (AvgIpc) is 3.34. The van der Waals surface area contributed by atoms with E-state index < -0.39 is 21.9 Å². The van der Waals surface area contributed by atoms with Gasteiger partial charge < -0.3 is 10.4 Å². The molecule has 224 valence electrons. The van der Waals surface area contributed by atoms with Crippen molar-refractivity contribution in [3.63, 3.8) is 0 Å². The lowest BCUT2D eigenvalue weighted by molar-refractivity contribution is -0.148. The van der Waals surface area contributed by atoms with E-state index >= 15 is 0 Å². The second kappa shape index (κ2) is 10.9. The molecule has 2 N–H and O–H groups in total. The van der Waals surface area contributed by atoms with Crippen LogP contribution in [0.2, 0.25) is 0 Å². The van der Waals surface area contributed by atoms with Gasteiger partial charge in [0.15, 0.2) is 5.65 Å². The molecule has 2 unspecified atom stereocenters. The zero-order valence-corrected chi connectivity index (χ0v) is 25.3. The fraction of sp³-hybridized carbons (Fsp3) is 0.294. The zero-order chi connectivity index (χ0) is 30.6. The van der Waals surface area contributed by atoms with Crippen LogP contribution in [0.1, 0.15) is 36.9 Å². The van der Waals surface area contributed by atoms with E-state index in [0.29, 0.717) is 34.2 Å². The molecule has 10 heteroatoms. The maximum Gasteiger partial charge on any atom is 0.308 e. The number of aryl methyl sites for hydroxylation is 1. The summed E-state index contributed by atoms with van der Waals surface area (Å²) in [6, 6.07) is 19.9. The van der Waals surface area contributed by atoms with Gasteiger partial charge in [0.1, 0.15) is 12.1 Å². The Kier molecular flexibility index (Phi) is 6.96. The van der Waals surface area contributed by atoms with Gasteiger partial charge in [-0.25, -0.2) is 27.3 Å². The third kappa shape index (κ3) is 4.64. The molecule has 9 nitrogen and oxygen atoms in total. The molecule has 5 aromatic rings. The van der Waals surface area contributed by atoms with Crippen LogP contribution in [0.5, 0.6) is 0 Å². The minimum Gasteiger partial charge on any atom is -0.481 e. The number of carboxylic acids is 1. The Morgan fingerprint density at radius 3 is 2.32 bits per heavy atom. The predicted molar refractivity (Wildman–Crippen MR) is 169 cm³/mol. The monoisotopic (exact) mass is 607 g/mol. The third-order valence-corrected chi connectivity index (χ3v) is 11.2. The largest absolute Gasteiger partial charge is 0.481 e. The summed E-state index contributed by atoms with van der Waals surface area (Å²) in [4.78, 5) is 26.0. The topological polar surface area (TPSA) is 127 Å². The number of benzene rings is 2. The summed E-state index contributed by atoms with van der Waals surface area (Å²) in [7, 11) is -3.95. The number of nitrogens with zero attached hydrogens (tertiary/aromatic N) is 4. The summed E-state index contributed by atoms with van der Waals surface area (Å²) < 4.78 is 29.3. The molecule has 0 amide bonds. The fourth-order valence-electron chi connectivity index (χ4n) is 7.35. The molecule has 2 bridgehead atoms. The van der Waals surface area contributed by atoms with Crippen LogP contribution < -0.4 is 5.32 Å². The quantitative estimate of drug-likeness (QED) is 0.220. The van der Waals surface area contributed by atoms with E-state index in [1.54, 1.807) is 43.5 Å². The number of pyridine rings is 1. The lowest BCUT2D eigenvalue weighted by Crippen LogP contribution is -2.51. The summed E-state index contributed by atoms with van der Waals surface area (Å²) >= 11 is 0. The summed E-state index contributed by atoms with van der Waals surface area (Å²) in [6.45, 7) is 3.72. The second-order valence-corrected chi connectivity index (χ2v) is 13.7.